The molecule has 1 aromatic heterocycles. The molecule has 0 bridgehead atoms. The third-order valence-electron chi connectivity index (χ3n) is 3.93. The van der Waals surface area contributed by atoms with Gasteiger partial charge in [-0.2, -0.15) is 4.98 Å². The number of halogens is 3. The second-order valence-electron chi connectivity index (χ2n) is 6.09. The lowest BCUT2D eigenvalue weighted by Crippen LogP contribution is -2.54. The average molecular weight is 387 g/mol. The summed E-state index contributed by atoms with van der Waals surface area (Å²) in [6.07, 6.45) is 1.67. The number of aromatic nitrogens is 2. The molecule has 24 heavy (non-hydrogen) atoms. The highest BCUT2D eigenvalue weighted by Crippen LogP contribution is 2.38. The number of piperazine rings is 1. The number of nitrogen functional groups attached to an aromatic ring is 1. The van der Waals surface area contributed by atoms with Crippen molar-refractivity contribution in [2.45, 2.75) is 25.9 Å². The van der Waals surface area contributed by atoms with Gasteiger partial charge in [-0.3, -0.25) is 0 Å². The lowest BCUT2D eigenvalue weighted by atomic mass is 10.1. The van der Waals surface area contributed by atoms with Crippen molar-refractivity contribution in [1.82, 2.24) is 15.3 Å². The Labute approximate surface area is 156 Å². The van der Waals surface area contributed by atoms with Crippen LogP contribution in [0.15, 0.2) is 18.3 Å². The Hall–Kier alpha value is -1.27. The molecule has 2 unspecified atom stereocenters. The minimum Gasteiger partial charge on any atom is -0.383 e. The normalized spacial score (nSPS) is 21.1. The molecule has 2 atom stereocenters. The van der Waals surface area contributed by atoms with Gasteiger partial charge in [-0.05, 0) is 26.0 Å². The summed E-state index contributed by atoms with van der Waals surface area (Å²) in [5.74, 6) is 0.958. The zero-order chi connectivity index (χ0) is 17.4. The Morgan fingerprint density at radius 1 is 1.12 bits per heavy atom. The van der Waals surface area contributed by atoms with Gasteiger partial charge in [-0.1, -0.05) is 34.8 Å². The van der Waals surface area contributed by atoms with E-state index in [1.165, 1.54) is 0 Å². The van der Waals surface area contributed by atoms with Crippen LogP contribution >= 0.6 is 34.8 Å². The quantitative estimate of drug-likeness (QED) is 0.767. The van der Waals surface area contributed by atoms with E-state index >= 15 is 0 Å². The highest BCUT2D eigenvalue weighted by molar-refractivity contribution is 6.45. The van der Waals surface area contributed by atoms with Crippen LogP contribution in [0.3, 0.4) is 0 Å². The number of nitrogens with two attached hydrogens (primary N) is 1. The number of rotatable bonds is 2. The van der Waals surface area contributed by atoms with E-state index in [1.807, 2.05) is 0 Å². The molecule has 0 spiro atoms. The molecular weight excluding hydrogens is 369 g/mol. The van der Waals surface area contributed by atoms with Gasteiger partial charge in [0.1, 0.15) is 5.82 Å². The summed E-state index contributed by atoms with van der Waals surface area (Å²) in [4.78, 5) is 11.1. The number of hydrogen-bond acceptors (Lipinski definition) is 5. The maximum atomic E-state index is 6.28. The van der Waals surface area contributed by atoms with Crippen LogP contribution in [0.25, 0.3) is 11.1 Å². The van der Waals surface area contributed by atoms with Crippen molar-refractivity contribution in [3.8, 4) is 11.1 Å². The van der Waals surface area contributed by atoms with E-state index < -0.39 is 0 Å². The topological polar surface area (TPSA) is 67.1 Å². The highest BCUT2D eigenvalue weighted by Gasteiger charge is 2.23. The summed E-state index contributed by atoms with van der Waals surface area (Å²) in [5, 5.41) is 4.71. The summed E-state index contributed by atoms with van der Waals surface area (Å²) in [7, 11) is 0. The Morgan fingerprint density at radius 2 is 1.79 bits per heavy atom. The van der Waals surface area contributed by atoms with E-state index in [2.05, 4.69) is 34.0 Å². The second-order valence-corrected chi connectivity index (χ2v) is 7.31. The fraction of sp³-hybridized carbons (Fsp3) is 0.375. The SMILES string of the molecule is CC1CN(c2ncc(-c3cc(Cl)cc(Cl)c3Cl)c(N)n2)CC(C)N1. The Morgan fingerprint density at radius 3 is 2.42 bits per heavy atom. The molecule has 3 N–H and O–H groups in total. The summed E-state index contributed by atoms with van der Waals surface area (Å²) < 4.78 is 0. The van der Waals surface area contributed by atoms with Gasteiger partial charge >= 0.3 is 0 Å². The number of benzene rings is 1. The van der Waals surface area contributed by atoms with Crippen LogP contribution in [0.5, 0.6) is 0 Å². The van der Waals surface area contributed by atoms with Crippen molar-refractivity contribution < 1.29 is 0 Å². The monoisotopic (exact) mass is 385 g/mol. The smallest absolute Gasteiger partial charge is 0.227 e. The Kier molecular flexibility index (Phi) is 5.06. The number of nitrogens with one attached hydrogen (secondary N) is 1. The van der Waals surface area contributed by atoms with Gasteiger partial charge in [0.15, 0.2) is 0 Å². The zero-order valence-electron chi connectivity index (χ0n) is 13.4. The molecule has 0 amide bonds. The van der Waals surface area contributed by atoms with Gasteiger partial charge in [0.25, 0.3) is 0 Å². The Balaban J connectivity index is 1.96. The number of hydrogen-bond donors (Lipinski definition) is 2. The molecule has 3 rings (SSSR count). The molecule has 1 fully saturated rings. The van der Waals surface area contributed by atoms with E-state index in [9.17, 15) is 0 Å². The predicted molar refractivity (Wildman–Crippen MR) is 101 cm³/mol. The minimum absolute atomic E-state index is 0.346. The summed E-state index contributed by atoms with van der Waals surface area (Å²) >= 11 is 18.4. The third-order valence-corrected chi connectivity index (χ3v) is 4.95. The fourth-order valence-electron chi connectivity index (χ4n) is 2.99. The lowest BCUT2D eigenvalue weighted by molar-refractivity contribution is 0.403. The van der Waals surface area contributed by atoms with Crippen molar-refractivity contribution >= 4 is 46.6 Å². The predicted octanol–water partition coefficient (Wildman–Crippen LogP) is 3.87. The third kappa shape index (κ3) is 3.54. The molecule has 8 heteroatoms. The van der Waals surface area contributed by atoms with Gasteiger partial charge in [-0.25, -0.2) is 4.98 Å². The maximum absolute atomic E-state index is 6.28. The largest absolute Gasteiger partial charge is 0.383 e. The first kappa shape index (κ1) is 17.5. The Bertz CT molecular complexity index is 758. The standard InChI is InChI=1S/C16H18Cl3N5/c1-8-6-24(7-9(2)22-8)16-21-5-12(15(20)23-16)11-3-10(17)4-13(18)14(11)19/h3-5,8-9,22H,6-7H2,1-2H3,(H2,20,21,23). The first-order valence-corrected chi connectivity index (χ1v) is 8.77. The van der Waals surface area contributed by atoms with E-state index in [1.54, 1.807) is 18.3 Å². The molecule has 0 aliphatic carbocycles. The first-order chi connectivity index (χ1) is 11.3. The molecule has 1 saturated heterocycles. The fourth-order valence-corrected chi connectivity index (χ4v) is 3.69. The van der Waals surface area contributed by atoms with Gasteiger partial charge in [0.2, 0.25) is 5.95 Å². The summed E-state index contributed by atoms with van der Waals surface area (Å²) in [6.45, 7) is 5.92. The first-order valence-electron chi connectivity index (χ1n) is 7.63. The van der Waals surface area contributed by atoms with Crippen molar-refractivity contribution in [2.24, 2.45) is 0 Å². The van der Waals surface area contributed by atoms with Crippen LogP contribution in [-0.4, -0.2) is 35.1 Å². The molecule has 2 heterocycles. The van der Waals surface area contributed by atoms with E-state index in [0.717, 1.165) is 13.1 Å². The maximum Gasteiger partial charge on any atom is 0.227 e. The van der Waals surface area contributed by atoms with Crippen LogP contribution in [-0.2, 0) is 0 Å². The molecule has 1 aliphatic rings. The van der Waals surface area contributed by atoms with Crippen LogP contribution in [0.1, 0.15) is 13.8 Å². The van der Waals surface area contributed by atoms with Gasteiger partial charge in [0, 0.05) is 47.5 Å². The molecular formula is C16H18Cl3N5. The molecule has 128 valence electrons. The van der Waals surface area contributed by atoms with Crippen molar-refractivity contribution in [3.63, 3.8) is 0 Å². The van der Waals surface area contributed by atoms with Gasteiger partial charge < -0.3 is 16.0 Å². The lowest BCUT2D eigenvalue weighted by Gasteiger charge is -2.36. The number of anilines is 2. The molecule has 5 nitrogen and oxygen atoms in total. The molecule has 2 aromatic rings. The summed E-state index contributed by atoms with van der Waals surface area (Å²) in [5.41, 5.74) is 7.40. The van der Waals surface area contributed by atoms with Crippen molar-refractivity contribution in [2.75, 3.05) is 23.7 Å². The highest BCUT2D eigenvalue weighted by atomic mass is 35.5. The van der Waals surface area contributed by atoms with E-state index in [4.69, 9.17) is 40.5 Å². The van der Waals surface area contributed by atoms with Crippen molar-refractivity contribution in [1.29, 1.82) is 0 Å². The molecule has 0 radical (unpaired) electrons. The van der Waals surface area contributed by atoms with Gasteiger partial charge in [-0.15, -0.1) is 0 Å². The molecule has 1 aromatic carbocycles. The van der Waals surface area contributed by atoms with E-state index in [0.29, 0.717) is 50.0 Å². The van der Waals surface area contributed by atoms with Gasteiger partial charge in [0.05, 0.1) is 10.0 Å². The number of nitrogens with zero attached hydrogens (tertiary/aromatic N) is 3. The summed E-state index contributed by atoms with van der Waals surface area (Å²) in [6, 6.07) is 4.02. The second kappa shape index (κ2) is 6.92. The zero-order valence-corrected chi connectivity index (χ0v) is 15.6. The molecule has 0 saturated carbocycles. The minimum atomic E-state index is 0.346. The van der Waals surface area contributed by atoms with Crippen molar-refractivity contribution in [3.05, 3.63) is 33.4 Å². The molecule has 1 aliphatic heterocycles. The van der Waals surface area contributed by atoms with Crippen LogP contribution < -0.4 is 16.0 Å². The average Bonchev–Trinajstić information content (AvgIpc) is 2.50. The van der Waals surface area contributed by atoms with Crippen LogP contribution in [0.2, 0.25) is 15.1 Å². The van der Waals surface area contributed by atoms with E-state index in [-0.39, 0.29) is 0 Å². The van der Waals surface area contributed by atoms with Crippen LogP contribution in [0.4, 0.5) is 11.8 Å². The van der Waals surface area contributed by atoms with Crippen LogP contribution in [0, 0.1) is 0 Å².